The third kappa shape index (κ3) is 7.96. The molecule has 1 radical (unpaired) electrons. The first-order valence-corrected chi connectivity index (χ1v) is 3.99. The largest absolute Gasteiger partial charge is 0.390 e. The van der Waals surface area contributed by atoms with Crippen LogP contribution in [0.15, 0.2) is 0 Å². The smallest absolute Gasteiger partial charge is 0.0620 e. The summed E-state index contributed by atoms with van der Waals surface area (Å²) in [5.74, 6) is 0.738. The molecule has 1 N–H and O–H groups in total. The van der Waals surface area contributed by atoms with Crippen LogP contribution in [0.4, 0.5) is 0 Å². The second-order valence-corrected chi connectivity index (χ2v) is 3.78. The van der Waals surface area contributed by atoms with Crippen LogP contribution >= 0.6 is 0 Å². The Morgan fingerprint density at radius 1 is 1.50 bits per heavy atom. The first-order valence-electron chi connectivity index (χ1n) is 3.99. The molecule has 1 unspecified atom stereocenters. The van der Waals surface area contributed by atoms with Crippen LogP contribution in [0.1, 0.15) is 40.0 Å². The molecule has 0 rings (SSSR count). The van der Waals surface area contributed by atoms with E-state index in [0.717, 1.165) is 18.8 Å². The minimum absolute atomic E-state index is 0.713. The molecule has 0 aliphatic heterocycles. The normalized spacial score (nSPS) is 12.6. The predicted octanol–water partition coefficient (Wildman–Crippen LogP) is 2.40. The fourth-order valence-corrected chi connectivity index (χ4v) is 0.891. The van der Waals surface area contributed by atoms with E-state index in [1.807, 2.05) is 0 Å². The highest BCUT2D eigenvalue weighted by atomic mass is 16.3. The summed E-state index contributed by atoms with van der Waals surface area (Å²) in [7, 11) is 0. The molecule has 0 saturated carbocycles. The second-order valence-electron chi connectivity index (χ2n) is 3.78. The van der Waals surface area contributed by atoms with Gasteiger partial charge in [0.1, 0.15) is 0 Å². The summed E-state index contributed by atoms with van der Waals surface area (Å²) < 4.78 is 0. The molecule has 0 heterocycles. The Kier molecular flexibility index (Phi) is 3.95. The van der Waals surface area contributed by atoms with Crippen LogP contribution in [0.3, 0.4) is 0 Å². The van der Waals surface area contributed by atoms with Crippen molar-refractivity contribution >= 4 is 0 Å². The molecule has 1 heteroatoms. The van der Waals surface area contributed by atoms with Gasteiger partial charge in [-0.25, -0.2) is 0 Å². The predicted molar refractivity (Wildman–Crippen MR) is 44.7 cm³/mol. The molecule has 0 bridgehead atoms. The monoisotopic (exact) mass is 143 g/mol. The van der Waals surface area contributed by atoms with Crippen molar-refractivity contribution in [2.45, 2.75) is 45.6 Å². The summed E-state index contributed by atoms with van der Waals surface area (Å²) >= 11 is 0. The Morgan fingerprint density at radius 2 is 2.00 bits per heavy atom. The molecule has 0 fully saturated rings. The molecular formula is C9H19O. The van der Waals surface area contributed by atoms with E-state index in [4.69, 9.17) is 0 Å². The molecule has 0 aromatic carbocycles. The molecule has 0 aliphatic rings. The van der Waals surface area contributed by atoms with Crippen LogP contribution < -0.4 is 0 Å². The second kappa shape index (κ2) is 3.97. The van der Waals surface area contributed by atoms with Crippen LogP contribution in [0.25, 0.3) is 0 Å². The van der Waals surface area contributed by atoms with Gasteiger partial charge in [0.15, 0.2) is 0 Å². The van der Waals surface area contributed by atoms with E-state index in [1.165, 1.54) is 6.42 Å². The van der Waals surface area contributed by atoms with Gasteiger partial charge in [-0.1, -0.05) is 26.7 Å². The molecule has 0 aliphatic carbocycles. The molecule has 0 aromatic rings. The lowest BCUT2D eigenvalue weighted by atomic mass is 9.98. The molecule has 0 amide bonds. The maximum Gasteiger partial charge on any atom is 0.0620 e. The minimum Gasteiger partial charge on any atom is -0.390 e. The van der Waals surface area contributed by atoms with Crippen molar-refractivity contribution in [2.75, 3.05) is 0 Å². The number of hydrogen-bond donors (Lipinski definition) is 1. The SMILES string of the molecule is [CH2]C(C)(O)CCCC(C)C. The standard InChI is InChI=1S/C9H19O/c1-8(2)6-5-7-9(3,4)10/h8,10H,3,5-7H2,1-2,4H3. The van der Waals surface area contributed by atoms with E-state index in [-0.39, 0.29) is 0 Å². The summed E-state index contributed by atoms with van der Waals surface area (Å²) in [4.78, 5) is 0. The lowest BCUT2D eigenvalue weighted by Gasteiger charge is -2.16. The van der Waals surface area contributed by atoms with Gasteiger partial charge in [-0.3, -0.25) is 0 Å². The molecule has 1 atom stereocenters. The summed E-state index contributed by atoms with van der Waals surface area (Å²) in [5.41, 5.74) is -0.713. The van der Waals surface area contributed by atoms with E-state index < -0.39 is 5.60 Å². The fraction of sp³-hybridized carbons (Fsp3) is 0.889. The minimum atomic E-state index is -0.713. The van der Waals surface area contributed by atoms with Crippen molar-refractivity contribution in [3.63, 3.8) is 0 Å². The Morgan fingerprint density at radius 3 is 2.30 bits per heavy atom. The van der Waals surface area contributed by atoms with E-state index in [0.29, 0.717) is 0 Å². The third-order valence-corrected chi connectivity index (χ3v) is 1.50. The molecule has 0 spiro atoms. The van der Waals surface area contributed by atoms with Gasteiger partial charge in [0.2, 0.25) is 0 Å². The Labute approximate surface area is 64.5 Å². The van der Waals surface area contributed by atoms with Crippen molar-refractivity contribution in [1.29, 1.82) is 0 Å². The quantitative estimate of drug-likeness (QED) is 0.640. The van der Waals surface area contributed by atoms with Gasteiger partial charge in [0.25, 0.3) is 0 Å². The highest BCUT2D eigenvalue weighted by molar-refractivity contribution is 4.74. The molecule has 10 heavy (non-hydrogen) atoms. The Hall–Kier alpha value is -0.0400. The number of hydrogen-bond acceptors (Lipinski definition) is 1. The maximum atomic E-state index is 9.22. The van der Waals surface area contributed by atoms with Crippen LogP contribution in [-0.4, -0.2) is 10.7 Å². The van der Waals surface area contributed by atoms with Crippen LogP contribution in [-0.2, 0) is 0 Å². The van der Waals surface area contributed by atoms with Crippen molar-refractivity contribution in [3.8, 4) is 0 Å². The molecular weight excluding hydrogens is 124 g/mol. The van der Waals surface area contributed by atoms with E-state index >= 15 is 0 Å². The van der Waals surface area contributed by atoms with E-state index in [2.05, 4.69) is 20.8 Å². The van der Waals surface area contributed by atoms with Crippen molar-refractivity contribution in [1.82, 2.24) is 0 Å². The zero-order valence-corrected chi connectivity index (χ0v) is 7.35. The Bertz CT molecular complexity index is 79.2. The van der Waals surface area contributed by atoms with E-state index in [9.17, 15) is 5.11 Å². The van der Waals surface area contributed by atoms with Gasteiger partial charge in [-0.15, -0.1) is 0 Å². The number of rotatable bonds is 4. The first-order chi connectivity index (χ1) is 4.42. The van der Waals surface area contributed by atoms with Gasteiger partial charge in [0.05, 0.1) is 5.60 Å². The summed E-state index contributed by atoms with van der Waals surface area (Å²) in [5, 5.41) is 9.22. The summed E-state index contributed by atoms with van der Waals surface area (Å²) in [6, 6.07) is 0. The molecule has 0 saturated heterocycles. The number of aliphatic hydroxyl groups is 1. The molecule has 61 valence electrons. The highest BCUT2D eigenvalue weighted by Crippen LogP contribution is 2.14. The van der Waals surface area contributed by atoms with Crippen LogP contribution in [0, 0.1) is 12.8 Å². The van der Waals surface area contributed by atoms with Gasteiger partial charge in [-0.2, -0.15) is 0 Å². The third-order valence-electron chi connectivity index (χ3n) is 1.50. The first kappa shape index (κ1) is 9.96. The Balaban J connectivity index is 3.21. The average molecular weight is 143 g/mol. The molecule has 1 nitrogen and oxygen atoms in total. The van der Waals surface area contributed by atoms with Crippen LogP contribution in [0.5, 0.6) is 0 Å². The zero-order chi connectivity index (χ0) is 8.20. The summed E-state index contributed by atoms with van der Waals surface area (Å²) in [6.07, 6.45) is 3.07. The molecule has 0 aromatic heterocycles. The van der Waals surface area contributed by atoms with Crippen molar-refractivity contribution < 1.29 is 5.11 Å². The lowest BCUT2D eigenvalue weighted by Crippen LogP contribution is -2.18. The maximum absolute atomic E-state index is 9.22. The van der Waals surface area contributed by atoms with Crippen molar-refractivity contribution in [3.05, 3.63) is 6.92 Å². The van der Waals surface area contributed by atoms with Crippen molar-refractivity contribution in [2.24, 2.45) is 5.92 Å². The lowest BCUT2D eigenvalue weighted by molar-refractivity contribution is 0.0946. The average Bonchev–Trinajstić information content (AvgIpc) is 1.59. The van der Waals surface area contributed by atoms with Crippen LogP contribution in [0.2, 0.25) is 0 Å². The summed E-state index contributed by atoms with van der Waals surface area (Å²) in [6.45, 7) is 9.76. The topological polar surface area (TPSA) is 20.2 Å². The van der Waals surface area contributed by atoms with Gasteiger partial charge in [0, 0.05) is 0 Å². The fourth-order valence-electron chi connectivity index (χ4n) is 0.891. The highest BCUT2D eigenvalue weighted by Gasteiger charge is 2.11. The van der Waals surface area contributed by atoms with E-state index in [1.54, 1.807) is 6.92 Å². The zero-order valence-electron chi connectivity index (χ0n) is 7.35. The van der Waals surface area contributed by atoms with Gasteiger partial charge >= 0.3 is 0 Å². The van der Waals surface area contributed by atoms with Gasteiger partial charge < -0.3 is 5.11 Å². The van der Waals surface area contributed by atoms with Gasteiger partial charge in [-0.05, 0) is 26.2 Å².